The second kappa shape index (κ2) is 6.14. The first-order chi connectivity index (χ1) is 10.6. The zero-order valence-corrected chi connectivity index (χ0v) is 13.4. The van der Waals surface area contributed by atoms with Gasteiger partial charge in [0, 0.05) is 13.1 Å². The summed E-state index contributed by atoms with van der Waals surface area (Å²) in [6.07, 6.45) is 0. The summed E-state index contributed by atoms with van der Waals surface area (Å²) in [4.78, 5) is 2.40. The molecule has 0 radical (unpaired) electrons. The minimum atomic E-state index is -0.155. The highest BCUT2D eigenvalue weighted by Gasteiger charge is 2.31. The first-order valence-corrected chi connectivity index (χ1v) is 7.73. The van der Waals surface area contributed by atoms with Gasteiger partial charge >= 0.3 is 0 Å². The molecule has 1 aliphatic heterocycles. The maximum absolute atomic E-state index is 5.50. The average Bonchev–Trinajstić information content (AvgIpc) is 2.99. The summed E-state index contributed by atoms with van der Waals surface area (Å²) >= 11 is 0. The summed E-state index contributed by atoms with van der Waals surface area (Å²) in [5.74, 6) is 0.889. The van der Waals surface area contributed by atoms with Gasteiger partial charge in [-0.05, 0) is 36.8 Å². The van der Waals surface area contributed by atoms with E-state index in [1.807, 2.05) is 10.7 Å². The summed E-state index contributed by atoms with van der Waals surface area (Å²) in [6, 6.07) is 10.5. The normalized spacial score (nSPS) is 18.3. The minimum absolute atomic E-state index is 0.0549. The summed E-state index contributed by atoms with van der Waals surface area (Å²) in [6.45, 7) is 9.63. The standard InChI is InChI=1S/C16H23N5O/c1-16(2,3)21-15(17-18-19-21)14(13-7-5-4-6-8-13)20-9-11-22-12-10-20/h4-8,14H,9-12H2,1-3H3/t14-/m1/s1. The molecule has 0 N–H and O–H groups in total. The molecule has 2 heterocycles. The first kappa shape index (κ1) is 15.1. The van der Waals surface area contributed by atoms with E-state index in [9.17, 15) is 0 Å². The molecule has 0 amide bonds. The van der Waals surface area contributed by atoms with Crippen molar-refractivity contribution in [2.75, 3.05) is 26.3 Å². The van der Waals surface area contributed by atoms with Crippen molar-refractivity contribution in [3.05, 3.63) is 41.7 Å². The van der Waals surface area contributed by atoms with Crippen LogP contribution in [0, 0.1) is 0 Å². The van der Waals surface area contributed by atoms with Crippen molar-refractivity contribution in [2.45, 2.75) is 32.4 Å². The number of hydrogen-bond acceptors (Lipinski definition) is 5. The van der Waals surface area contributed by atoms with E-state index in [2.05, 4.69) is 65.5 Å². The maximum atomic E-state index is 5.50. The number of aromatic nitrogens is 4. The van der Waals surface area contributed by atoms with Crippen LogP contribution in [-0.4, -0.2) is 51.4 Å². The van der Waals surface area contributed by atoms with E-state index in [1.165, 1.54) is 5.56 Å². The predicted octanol–water partition coefficient (Wildman–Crippen LogP) is 1.85. The lowest BCUT2D eigenvalue weighted by Crippen LogP contribution is -2.41. The lowest BCUT2D eigenvalue weighted by molar-refractivity contribution is 0.0208. The van der Waals surface area contributed by atoms with Crippen LogP contribution < -0.4 is 0 Å². The molecule has 0 aliphatic carbocycles. The molecule has 6 nitrogen and oxygen atoms in total. The van der Waals surface area contributed by atoms with Crippen LogP contribution in [0.1, 0.15) is 38.2 Å². The molecule has 1 saturated heterocycles. The molecule has 0 bridgehead atoms. The molecule has 2 aromatic rings. The molecule has 1 aliphatic rings. The molecule has 6 heteroatoms. The Morgan fingerprint density at radius 1 is 1.09 bits per heavy atom. The third-order valence-corrected chi connectivity index (χ3v) is 3.90. The molecule has 1 atom stereocenters. The van der Waals surface area contributed by atoms with Crippen molar-refractivity contribution in [1.82, 2.24) is 25.1 Å². The Morgan fingerprint density at radius 2 is 1.77 bits per heavy atom. The van der Waals surface area contributed by atoms with Crippen LogP contribution in [0.4, 0.5) is 0 Å². The second-order valence-electron chi connectivity index (χ2n) is 6.58. The monoisotopic (exact) mass is 301 g/mol. The van der Waals surface area contributed by atoms with Crippen LogP contribution in [0.2, 0.25) is 0 Å². The van der Waals surface area contributed by atoms with Crippen LogP contribution in [0.5, 0.6) is 0 Å². The second-order valence-corrected chi connectivity index (χ2v) is 6.58. The molecular weight excluding hydrogens is 278 g/mol. The molecule has 1 aromatic heterocycles. The lowest BCUT2D eigenvalue weighted by atomic mass is 10.0. The Balaban J connectivity index is 2.04. The van der Waals surface area contributed by atoms with Crippen molar-refractivity contribution in [3.63, 3.8) is 0 Å². The fourth-order valence-corrected chi connectivity index (χ4v) is 2.84. The van der Waals surface area contributed by atoms with Crippen molar-refractivity contribution < 1.29 is 4.74 Å². The molecule has 0 spiro atoms. The van der Waals surface area contributed by atoms with E-state index in [1.54, 1.807) is 0 Å². The quantitative estimate of drug-likeness (QED) is 0.866. The van der Waals surface area contributed by atoms with E-state index >= 15 is 0 Å². The molecule has 1 fully saturated rings. The highest BCUT2D eigenvalue weighted by atomic mass is 16.5. The third kappa shape index (κ3) is 3.03. The van der Waals surface area contributed by atoms with Crippen LogP contribution in [0.3, 0.4) is 0 Å². The molecule has 3 rings (SSSR count). The van der Waals surface area contributed by atoms with E-state index in [0.717, 1.165) is 32.1 Å². The van der Waals surface area contributed by atoms with Gasteiger partial charge in [0.15, 0.2) is 5.82 Å². The van der Waals surface area contributed by atoms with E-state index in [-0.39, 0.29) is 11.6 Å². The van der Waals surface area contributed by atoms with Gasteiger partial charge in [0.25, 0.3) is 0 Å². The Hall–Kier alpha value is -1.79. The van der Waals surface area contributed by atoms with E-state index < -0.39 is 0 Å². The molecule has 1 aromatic carbocycles. The van der Waals surface area contributed by atoms with Gasteiger partial charge in [0.05, 0.1) is 24.8 Å². The van der Waals surface area contributed by atoms with E-state index in [4.69, 9.17) is 4.74 Å². The van der Waals surface area contributed by atoms with Crippen molar-refractivity contribution >= 4 is 0 Å². The Morgan fingerprint density at radius 3 is 2.41 bits per heavy atom. The topological polar surface area (TPSA) is 56.1 Å². The SMILES string of the molecule is CC(C)(C)n1nnnc1[C@@H](c1ccccc1)N1CCOCC1. The number of benzene rings is 1. The van der Waals surface area contributed by atoms with Gasteiger partial charge in [-0.2, -0.15) is 0 Å². The summed E-state index contributed by atoms with van der Waals surface area (Å²) in [5, 5.41) is 12.5. The molecule has 118 valence electrons. The molecule has 22 heavy (non-hydrogen) atoms. The average molecular weight is 301 g/mol. The Labute approximate surface area is 131 Å². The van der Waals surface area contributed by atoms with E-state index in [0.29, 0.717) is 0 Å². The van der Waals surface area contributed by atoms with Crippen LogP contribution >= 0.6 is 0 Å². The van der Waals surface area contributed by atoms with Gasteiger partial charge in [-0.15, -0.1) is 5.10 Å². The molecule has 0 saturated carbocycles. The van der Waals surface area contributed by atoms with Crippen LogP contribution in [0.25, 0.3) is 0 Å². The van der Waals surface area contributed by atoms with Gasteiger partial charge in [0.2, 0.25) is 0 Å². The number of morpholine rings is 1. The number of nitrogens with zero attached hydrogens (tertiary/aromatic N) is 5. The summed E-state index contributed by atoms with van der Waals surface area (Å²) in [7, 11) is 0. The van der Waals surface area contributed by atoms with Gasteiger partial charge in [-0.3, -0.25) is 4.90 Å². The summed E-state index contributed by atoms with van der Waals surface area (Å²) in [5.41, 5.74) is 1.06. The van der Waals surface area contributed by atoms with Gasteiger partial charge in [-0.1, -0.05) is 30.3 Å². The van der Waals surface area contributed by atoms with Gasteiger partial charge in [0.1, 0.15) is 0 Å². The molecule has 0 unspecified atom stereocenters. The number of rotatable bonds is 3. The highest BCUT2D eigenvalue weighted by molar-refractivity contribution is 5.25. The lowest BCUT2D eigenvalue weighted by Gasteiger charge is -2.35. The largest absolute Gasteiger partial charge is 0.379 e. The van der Waals surface area contributed by atoms with Crippen LogP contribution in [0.15, 0.2) is 30.3 Å². The van der Waals surface area contributed by atoms with Gasteiger partial charge in [-0.25, -0.2) is 4.68 Å². The summed E-state index contributed by atoms with van der Waals surface area (Å²) < 4.78 is 7.43. The fourth-order valence-electron chi connectivity index (χ4n) is 2.84. The zero-order chi connectivity index (χ0) is 15.6. The first-order valence-electron chi connectivity index (χ1n) is 7.73. The Kier molecular flexibility index (Phi) is 4.22. The van der Waals surface area contributed by atoms with Crippen LogP contribution in [-0.2, 0) is 10.3 Å². The van der Waals surface area contributed by atoms with Crippen molar-refractivity contribution in [3.8, 4) is 0 Å². The van der Waals surface area contributed by atoms with Crippen molar-refractivity contribution in [2.24, 2.45) is 0 Å². The minimum Gasteiger partial charge on any atom is -0.379 e. The number of hydrogen-bond donors (Lipinski definition) is 0. The van der Waals surface area contributed by atoms with Crippen molar-refractivity contribution in [1.29, 1.82) is 0 Å². The molecular formula is C16H23N5O. The number of tetrazole rings is 1. The highest BCUT2D eigenvalue weighted by Crippen LogP contribution is 2.29. The Bertz CT molecular complexity index is 598. The predicted molar refractivity (Wildman–Crippen MR) is 83.5 cm³/mol. The smallest absolute Gasteiger partial charge is 0.173 e. The zero-order valence-electron chi connectivity index (χ0n) is 13.4. The third-order valence-electron chi connectivity index (χ3n) is 3.90. The number of ether oxygens (including phenoxy) is 1. The maximum Gasteiger partial charge on any atom is 0.173 e. The fraction of sp³-hybridized carbons (Fsp3) is 0.562. The van der Waals surface area contributed by atoms with Gasteiger partial charge < -0.3 is 4.74 Å².